The van der Waals surface area contributed by atoms with E-state index in [1.165, 1.54) is 7.11 Å². The van der Waals surface area contributed by atoms with Crippen molar-refractivity contribution in [2.45, 2.75) is 60.0 Å². The highest BCUT2D eigenvalue weighted by molar-refractivity contribution is 7.13. The van der Waals surface area contributed by atoms with Crippen molar-refractivity contribution in [2.24, 2.45) is 11.7 Å². The Morgan fingerprint density at radius 3 is 2.39 bits per heavy atom. The van der Waals surface area contributed by atoms with Crippen LogP contribution in [0.4, 0.5) is 5.69 Å². The third kappa shape index (κ3) is 7.46. The predicted molar refractivity (Wildman–Crippen MR) is 184 cm³/mol. The minimum Gasteiger partial charge on any atom is -0.493 e. The van der Waals surface area contributed by atoms with Crippen LogP contribution in [0.25, 0.3) is 21.6 Å². The maximum Gasteiger partial charge on any atom is 0.357 e. The maximum absolute atomic E-state index is 14.0. The van der Waals surface area contributed by atoms with Crippen LogP contribution in [0.15, 0.2) is 60.0 Å². The number of anilines is 1. The highest BCUT2D eigenvalue weighted by Gasteiger charge is 2.27. The highest BCUT2D eigenvalue weighted by atomic mass is 32.1. The van der Waals surface area contributed by atoms with E-state index in [0.717, 1.165) is 34.4 Å². The van der Waals surface area contributed by atoms with Crippen LogP contribution in [0.2, 0.25) is 0 Å². The van der Waals surface area contributed by atoms with Crippen LogP contribution in [0, 0.1) is 5.92 Å². The molecule has 0 bridgehead atoms. The van der Waals surface area contributed by atoms with Crippen LogP contribution in [-0.4, -0.2) is 42.5 Å². The first-order valence-corrected chi connectivity index (χ1v) is 16.5. The molecule has 0 saturated carbocycles. The van der Waals surface area contributed by atoms with Gasteiger partial charge in [0.05, 0.1) is 13.7 Å². The summed E-state index contributed by atoms with van der Waals surface area (Å²) < 4.78 is 11.2. The number of pyridine rings is 1. The minimum atomic E-state index is -0.731. The SMILES string of the molecule is CC.CCC(NC(=O)c1ccc(-c2cc3c(cc2C(=O)Nc2ccc(CN)cc2)-c2sccc2CCO3)c(C(=O)OC)n1)C(C)C. The second-order valence-electron chi connectivity index (χ2n) is 10.9. The first-order chi connectivity index (χ1) is 22.2. The number of carbonyl (C=O) groups excluding carboxylic acids is 3. The fourth-order valence-corrected chi connectivity index (χ4v) is 6.26. The zero-order valence-electron chi connectivity index (χ0n) is 27.2. The van der Waals surface area contributed by atoms with Crippen LogP contribution < -0.4 is 21.1 Å². The van der Waals surface area contributed by atoms with E-state index in [9.17, 15) is 14.4 Å². The number of rotatable bonds is 9. The third-order valence-electron chi connectivity index (χ3n) is 7.79. The van der Waals surface area contributed by atoms with Gasteiger partial charge in [0, 0.05) is 51.8 Å². The number of nitrogens with zero attached hydrogens (tertiary/aromatic N) is 1. The van der Waals surface area contributed by atoms with E-state index in [2.05, 4.69) is 21.7 Å². The standard InChI is InChI=1S/C34H36N4O5S.C2H6/c1-5-27(19(2)3)38-33(40)28-11-10-23(30(37-28)34(41)42-4)24-17-29-26(31-21(12-14-43-29)13-15-44-31)16-25(24)32(39)36-22-8-6-20(18-35)7-9-22;1-2/h6-11,13,15-17,19,27H,5,12,14,18,35H2,1-4H3,(H,36,39)(H,38,40);1-2H3. The number of hydrogen-bond donors (Lipinski definition) is 3. The average molecular weight is 643 g/mol. The molecule has 2 amide bonds. The summed E-state index contributed by atoms with van der Waals surface area (Å²) in [6.07, 6.45) is 1.48. The molecule has 0 saturated heterocycles. The number of nitrogens with one attached hydrogen (secondary N) is 2. The van der Waals surface area contributed by atoms with E-state index >= 15 is 0 Å². The Labute approximate surface area is 274 Å². The fraction of sp³-hybridized carbons (Fsp3) is 0.333. The molecule has 4 aromatic rings. The molecule has 1 atom stereocenters. The number of esters is 1. The molecule has 1 unspecified atom stereocenters. The molecule has 10 heteroatoms. The van der Waals surface area contributed by atoms with Gasteiger partial charge in [-0.05, 0) is 71.3 Å². The number of aromatic nitrogens is 1. The second kappa shape index (κ2) is 15.6. The van der Waals surface area contributed by atoms with E-state index in [4.69, 9.17) is 15.2 Å². The van der Waals surface area contributed by atoms with Gasteiger partial charge >= 0.3 is 5.97 Å². The zero-order chi connectivity index (χ0) is 33.4. The summed E-state index contributed by atoms with van der Waals surface area (Å²) in [6, 6.07) is 16.1. The van der Waals surface area contributed by atoms with Crippen molar-refractivity contribution in [3.63, 3.8) is 0 Å². The molecule has 4 N–H and O–H groups in total. The Morgan fingerprint density at radius 1 is 1.00 bits per heavy atom. The Bertz CT molecular complexity index is 1700. The summed E-state index contributed by atoms with van der Waals surface area (Å²) in [4.78, 5) is 45.7. The Morgan fingerprint density at radius 2 is 1.74 bits per heavy atom. The van der Waals surface area contributed by atoms with E-state index in [1.54, 1.807) is 47.7 Å². The van der Waals surface area contributed by atoms with Gasteiger partial charge in [-0.15, -0.1) is 11.3 Å². The largest absolute Gasteiger partial charge is 0.493 e. The number of benzene rings is 2. The first kappa shape index (κ1) is 34.3. The predicted octanol–water partition coefficient (Wildman–Crippen LogP) is 7.10. The summed E-state index contributed by atoms with van der Waals surface area (Å²) in [5.74, 6) is -0.696. The highest BCUT2D eigenvalue weighted by Crippen LogP contribution is 2.43. The number of ether oxygens (including phenoxy) is 2. The molecule has 2 aromatic heterocycles. The van der Waals surface area contributed by atoms with E-state index in [0.29, 0.717) is 41.3 Å². The second-order valence-corrected chi connectivity index (χ2v) is 11.9. The van der Waals surface area contributed by atoms with Crippen molar-refractivity contribution in [3.05, 3.63) is 88.1 Å². The Kier molecular flexibility index (Phi) is 11.7. The number of thiophene rings is 1. The molecular formula is C36H42N4O5S. The van der Waals surface area contributed by atoms with Gasteiger partial charge in [0.15, 0.2) is 5.69 Å². The van der Waals surface area contributed by atoms with Gasteiger partial charge in [0.25, 0.3) is 11.8 Å². The molecule has 242 valence electrons. The van der Waals surface area contributed by atoms with Crippen LogP contribution in [0.5, 0.6) is 5.75 Å². The van der Waals surface area contributed by atoms with Crippen molar-refractivity contribution >= 4 is 34.8 Å². The van der Waals surface area contributed by atoms with Crippen LogP contribution in [0.3, 0.4) is 0 Å². The molecule has 0 aliphatic carbocycles. The Hall–Kier alpha value is -4.54. The molecule has 2 aromatic carbocycles. The first-order valence-electron chi connectivity index (χ1n) is 15.6. The zero-order valence-corrected chi connectivity index (χ0v) is 28.0. The molecule has 1 aliphatic rings. The van der Waals surface area contributed by atoms with Crippen molar-refractivity contribution in [1.29, 1.82) is 0 Å². The third-order valence-corrected chi connectivity index (χ3v) is 8.78. The molecule has 0 fully saturated rings. The lowest BCUT2D eigenvalue weighted by Crippen LogP contribution is -2.38. The van der Waals surface area contributed by atoms with Crippen LogP contribution >= 0.6 is 11.3 Å². The molecule has 0 radical (unpaired) electrons. The molecule has 9 nitrogen and oxygen atoms in total. The van der Waals surface area contributed by atoms with Gasteiger partial charge in [-0.1, -0.05) is 46.8 Å². The van der Waals surface area contributed by atoms with Gasteiger partial charge in [0.2, 0.25) is 0 Å². The molecule has 5 rings (SSSR count). The summed E-state index contributed by atoms with van der Waals surface area (Å²) >= 11 is 1.58. The normalized spacial score (nSPS) is 12.3. The van der Waals surface area contributed by atoms with E-state index < -0.39 is 11.9 Å². The number of nitrogens with two attached hydrogens (primary N) is 1. The van der Waals surface area contributed by atoms with Gasteiger partial charge in [-0.25, -0.2) is 9.78 Å². The lowest BCUT2D eigenvalue weighted by atomic mass is 9.93. The maximum atomic E-state index is 14.0. The van der Waals surface area contributed by atoms with Crippen LogP contribution in [-0.2, 0) is 17.7 Å². The number of methoxy groups -OCH3 is 1. The summed E-state index contributed by atoms with van der Waals surface area (Å²) in [5.41, 5.74) is 10.3. The fourth-order valence-electron chi connectivity index (χ4n) is 5.29. The van der Waals surface area contributed by atoms with Gasteiger partial charge < -0.3 is 25.8 Å². The molecular weight excluding hydrogens is 600 g/mol. The summed E-state index contributed by atoms with van der Waals surface area (Å²) in [6.45, 7) is 10.9. The number of hydrogen-bond acceptors (Lipinski definition) is 8. The molecule has 3 heterocycles. The topological polar surface area (TPSA) is 133 Å². The summed E-state index contributed by atoms with van der Waals surface area (Å²) in [5, 5.41) is 8.00. The van der Waals surface area contributed by atoms with E-state index in [1.807, 2.05) is 52.1 Å². The van der Waals surface area contributed by atoms with Crippen molar-refractivity contribution in [1.82, 2.24) is 10.3 Å². The smallest absolute Gasteiger partial charge is 0.357 e. The number of amides is 2. The van der Waals surface area contributed by atoms with Crippen molar-refractivity contribution in [3.8, 4) is 27.3 Å². The van der Waals surface area contributed by atoms with E-state index in [-0.39, 0.29) is 29.3 Å². The van der Waals surface area contributed by atoms with Gasteiger partial charge in [-0.2, -0.15) is 0 Å². The quantitative estimate of drug-likeness (QED) is 0.166. The number of fused-ring (bicyclic) bond motifs is 3. The van der Waals surface area contributed by atoms with Gasteiger partial charge in [-0.3, -0.25) is 9.59 Å². The lowest BCUT2D eigenvalue weighted by molar-refractivity contribution is 0.0594. The molecule has 1 aliphatic heterocycles. The molecule has 46 heavy (non-hydrogen) atoms. The van der Waals surface area contributed by atoms with Gasteiger partial charge in [0.1, 0.15) is 11.4 Å². The minimum absolute atomic E-state index is 0.0522. The molecule has 0 spiro atoms. The average Bonchev–Trinajstić information content (AvgIpc) is 3.48. The van der Waals surface area contributed by atoms with Crippen LogP contribution in [0.1, 0.15) is 83.5 Å². The Balaban J connectivity index is 0.00000235. The van der Waals surface area contributed by atoms with Crippen molar-refractivity contribution in [2.75, 3.05) is 19.0 Å². The van der Waals surface area contributed by atoms with Crippen molar-refractivity contribution < 1.29 is 23.9 Å². The number of carbonyl (C=O) groups is 3. The summed E-state index contributed by atoms with van der Waals surface area (Å²) in [7, 11) is 1.25. The lowest BCUT2D eigenvalue weighted by Gasteiger charge is -2.21. The monoisotopic (exact) mass is 642 g/mol.